The minimum atomic E-state index is 0.803. The van der Waals surface area contributed by atoms with Gasteiger partial charge >= 0.3 is 0 Å². The molecule has 3 aromatic rings. The van der Waals surface area contributed by atoms with Gasteiger partial charge in [0.1, 0.15) is 0 Å². The van der Waals surface area contributed by atoms with E-state index in [4.69, 9.17) is 5.73 Å². The average molecular weight is 306 g/mol. The van der Waals surface area contributed by atoms with Crippen LogP contribution in [0, 0.1) is 0 Å². The summed E-state index contributed by atoms with van der Waals surface area (Å²) in [5.41, 5.74) is 11.6. The summed E-state index contributed by atoms with van der Waals surface area (Å²) in [5.74, 6) is 0. The number of fused-ring (bicyclic) bond motifs is 1. The molecule has 1 fully saturated rings. The smallest absolute Gasteiger partial charge is 0.0571 e. The Kier molecular flexibility index (Phi) is 3.46. The molecule has 1 aromatic heterocycles. The number of anilines is 2. The van der Waals surface area contributed by atoms with E-state index in [0.29, 0.717) is 0 Å². The van der Waals surface area contributed by atoms with Gasteiger partial charge in [-0.2, -0.15) is 0 Å². The van der Waals surface area contributed by atoms with Crippen LogP contribution in [0.2, 0.25) is 0 Å². The number of nitrogens with zero attached hydrogens (tertiary/aromatic N) is 2. The standard InChI is InChI=1S/C19H22N4/c1-22-8-10-23(11-9-22)16-5-2-14(3-6-16)15-4-7-17-18(20)13-21-19(17)12-15/h2-7,12-13,21H,8-11,20H2,1H3. The lowest BCUT2D eigenvalue weighted by atomic mass is 10.0. The minimum absolute atomic E-state index is 0.803. The first kappa shape index (κ1) is 14.2. The third-order valence-electron chi connectivity index (χ3n) is 4.78. The molecule has 0 atom stereocenters. The highest BCUT2D eigenvalue weighted by Crippen LogP contribution is 2.28. The summed E-state index contributed by atoms with van der Waals surface area (Å²) in [7, 11) is 2.18. The molecule has 1 aliphatic rings. The maximum Gasteiger partial charge on any atom is 0.0571 e. The molecule has 0 unspecified atom stereocenters. The van der Waals surface area contributed by atoms with E-state index >= 15 is 0 Å². The Morgan fingerprint density at radius 1 is 0.913 bits per heavy atom. The van der Waals surface area contributed by atoms with Gasteiger partial charge in [-0.25, -0.2) is 0 Å². The fourth-order valence-electron chi connectivity index (χ4n) is 3.26. The molecule has 0 bridgehead atoms. The van der Waals surface area contributed by atoms with Crippen molar-refractivity contribution < 1.29 is 0 Å². The minimum Gasteiger partial charge on any atom is -0.397 e. The summed E-state index contributed by atoms with van der Waals surface area (Å²) >= 11 is 0. The van der Waals surface area contributed by atoms with E-state index in [-0.39, 0.29) is 0 Å². The molecule has 118 valence electrons. The number of aromatic amines is 1. The summed E-state index contributed by atoms with van der Waals surface area (Å²) in [5, 5.41) is 1.09. The molecule has 4 nitrogen and oxygen atoms in total. The van der Waals surface area contributed by atoms with Crippen molar-refractivity contribution in [1.82, 2.24) is 9.88 Å². The van der Waals surface area contributed by atoms with Crippen LogP contribution in [0.3, 0.4) is 0 Å². The summed E-state index contributed by atoms with van der Waals surface area (Å²) in [6.45, 7) is 4.46. The molecule has 0 radical (unpaired) electrons. The van der Waals surface area contributed by atoms with Crippen LogP contribution in [0.4, 0.5) is 11.4 Å². The summed E-state index contributed by atoms with van der Waals surface area (Å²) in [4.78, 5) is 8.06. The average Bonchev–Trinajstić information content (AvgIpc) is 2.96. The molecule has 0 spiro atoms. The van der Waals surface area contributed by atoms with E-state index in [1.807, 2.05) is 6.20 Å². The predicted molar refractivity (Wildman–Crippen MR) is 97.9 cm³/mol. The maximum absolute atomic E-state index is 5.94. The van der Waals surface area contributed by atoms with Gasteiger partial charge < -0.3 is 20.5 Å². The monoisotopic (exact) mass is 306 g/mol. The second-order valence-electron chi connectivity index (χ2n) is 6.34. The fraction of sp³-hybridized carbons (Fsp3) is 0.263. The fourth-order valence-corrected chi connectivity index (χ4v) is 3.26. The topological polar surface area (TPSA) is 48.3 Å². The number of nitrogens with one attached hydrogen (secondary N) is 1. The number of hydrogen-bond donors (Lipinski definition) is 2. The zero-order chi connectivity index (χ0) is 15.8. The highest BCUT2D eigenvalue weighted by Gasteiger charge is 2.14. The first-order chi connectivity index (χ1) is 11.2. The van der Waals surface area contributed by atoms with Crippen molar-refractivity contribution in [3.05, 3.63) is 48.7 Å². The van der Waals surface area contributed by atoms with E-state index in [9.17, 15) is 0 Å². The zero-order valence-corrected chi connectivity index (χ0v) is 13.4. The van der Waals surface area contributed by atoms with Crippen LogP contribution in [-0.2, 0) is 0 Å². The van der Waals surface area contributed by atoms with Gasteiger partial charge in [-0.1, -0.05) is 24.3 Å². The van der Waals surface area contributed by atoms with Crippen LogP contribution in [0.15, 0.2) is 48.7 Å². The third kappa shape index (κ3) is 2.66. The van der Waals surface area contributed by atoms with Crippen molar-refractivity contribution >= 4 is 22.3 Å². The quantitative estimate of drug-likeness (QED) is 0.764. The van der Waals surface area contributed by atoms with Gasteiger partial charge in [0.2, 0.25) is 0 Å². The summed E-state index contributed by atoms with van der Waals surface area (Å²) in [6.07, 6.45) is 1.85. The second-order valence-corrected chi connectivity index (χ2v) is 6.34. The number of hydrogen-bond acceptors (Lipinski definition) is 3. The van der Waals surface area contributed by atoms with Gasteiger partial charge in [0.25, 0.3) is 0 Å². The Morgan fingerprint density at radius 3 is 2.35 bits per heavy atom. The lowest BCUT2D eigenvalue weighted by molar-refractivity contribution is 0.313. The number of H-pyrrole nitrogens is 1. The highest BCUT2D eigenvalue weighted by molar-refractivity contribution is 5.93. The van der Waals surface area contributed by atoms with Crippen molar-refractivity contribution in [3.63, 3.8) is 0 Å². The number of piperazine rings is 1. The Bertz CT molecular complexity index is 811. The van der Waals surface area contributed by atoms with Crippen LogP contribution in [0.5, 0.6) is 0 Å². The van der Waals surface area contributed by atoms with Crippen LogP contribution in [0.1, 0.15) is 0 Å². The Morgan fingerprint density at radius 2 is 1.61 bits per heavy atom. The normalized spacial score (nSPS) is 16.1. The van der Waals surface area contributed by atoms with Gasteiger partial charge in [0.15, 0.2) is 0 Å². The molecular weight excluding hydrogens is 284 g/mol. The molecule has 0 aliphatic carbocycles. The SMILES string of the molecule is CN1CCN(c2ccc(-c3ccc4c(N)c[nH]c4c3)cc2)CC1. The van der Waals surface area contributed by atoms with Crippen molar-refractivity contribution in [2.24, 2.45) is 0 Å². The molecule has 0 amide bonds. The molecule has 2 heterocycles. The van der Waals surface area contributed by atoms with Crippen molar-refractivity contribution in [2.45, 2.75) is 0 Å². The first-order valence-electron chi connectivity index (χ1n) is 8.11. The van der Waals surface area contributed by atoms with Crippen molar-refractivity contribution in [3.8, 4) is 11.1 Å². The highest BCUT2D eigenvalue weighted by atomic mass is 15.2. The molecule has 2 aromatic carbocycles. The van der Waals surface area contributed by atoms with Gasteiger partial charge in [0, 0.05) is 49.0 Å². The molecular formula is C19H22N4. The summed E-state index contributed by atoms with van der Waals surface area (Å²) < 4.78 is 0. The number of benzene rings is 2. The second kappa shape index (κ2) is 5.63. The van der Waals surface area contributed by atoms with Crippen molar-refractivity contribution in [2.75, 3.05) is 43.9 Å². The Balaban J connectivity index is 1.59. The molecule has 1 saturated heterocycles. The number of aromatic nitrogens is 1. The van der Waals surface area contributed by atoms with E-state index in [1.54, 1.807) is 0 Å². The first-order valence-corrected chi connectivity index (χ1v) is 8.11. The molecule has 4 rings (SSSR count). The van der Waals surface area contributed by atoms with E-state index in [1.165, 1.54) is 16.8 Å². The van der Waals surface area contributed by atoms with E-state index in [0.717, 1.165) is 42.8 Å². The van der Waals surface area contributed by atoms with Gasteiger partial charge in [-0.15, -0.1) is 0 Å². The Hall–Kier alpha value is -2.46. The number of likely N-dealkylation sites (N-methyl/N-ethyl adjacent to an activating group) is 1. The largest absolute Gasteiger partial charge is 0.397 e. The molecule has 3 N–H and O–H groups in total. The van der Waals surface area contributed by atoms with Crippen molar-refractivity contribution in [1.29, 1.82) is 0 Å². The van der Waals surface area contributed by atoms with E-state index < -0.39 is 0 Å². The van der Waals surface area contributed by atoms with Crippen LogP contribution in [0.25, 0.3) is 22.0 Å². The van der Waals surface area contributed by atoms with E-state index in [2.05, 4.69) is 64.3 Å². The number of rotatable bonds is 2. The Labute approximate surface area is 136 Å². The zero-order valence-electron chi connectivity index (χ0n) is 13.4. The number of nitrogen functional groups attached to an aromatic ring is 1. The van der Waals surface area contributed by atoms with Crippen LogP contribution in [-0.4, -0.2) is 43.1 Å². The maximum atomic E-state index is 5.94. The van der Waals surface area contributed by atoms with Gasteiger partial charge in [-0.3, -0.25) is 0 Å². The third-order valence-corrected chi connectivity index (χ3v) is 4.78. The molecule has 0 saturated carbocycles. The molecule has 4 heteroatoms. The van der Waals surface area contributed by atoms with Gasteiger partial charge in [-0.05, 0) is 36.4 Å². The van der Waals surface area contributed by atoms with Crippen LogP contribution < -0.4 is 10.6 Å². The number of nitrogens with two attached hydrogens (primary N) is 1. The lowest BCUT2D eigenvalue weighted by Crippen LogP contribution is -2.44. The van der Waals surface area contributed by atoms with Gasteiger partial charge in [0.05, 0.1) is 5.69 Å². The molecule has 1 aliphatic heterocycles. The summed E-state index contributed by atoms with van der Waals surface area (Å²) in [6, 6.07) is 15.3. The molecule has 23 heavy (non-hydrogen) atoms. The lowest BCUT2D eigenvalue weighted by Gasteiger charge is -2.34. The predicted octanol–water partition coefficient (Wildman–Crippen LogP) is 3.17. The van der Waals surface area contributed by atoms with Crippen LogP contribution >= 0.6 is 0 Å².